The number of carbonyl (C=O) groups excluding carboxylic acids is 1. The van der Waals surface area contributed by atoms with E-state index in [9.17, 15) is 4.79 Å². The van der Waals surface area contributed by atoms with Gasteiger partial charge in [0.25, 0.3) is 0 Å². The van der Waals surface area contributed by atoms with Gasteiger partial charge in [-0.05, 0) is 36.8 Å². The third kappa shape index (κ3) is 2.08. The number of furan rings is 1. The van der Waals surface area contributed by atoms with Gasteiger partial charge in [-0.1, -0.05) is 12.1 Å². The number of amides is 1. The van der Waals surface area contributed by atoms with Crippen LogP contribution < -0.4 is 11.3 Å². The molecule has 2 heterocycles. The zero-order chi connectivity index (χ0) is 14.1. The minimum atomic E-state index is -0.426. The van der Waals surface area contributed by atoms with Crippen LogP contribution in [0.3, 0.4) is 0 Å². The van der Waals surface area contributed by atoms with Gasteiger partial charge in [-0.15, -0.1) is 0 Å². The SMILES string of the molecule is Cc1cccc2c1ccn2Cc1ccc(C(=O)NN)o1. The van der Waals surface area contributed by atoms with Gasteiger partial charge in [-0.25, -0.2) is 5.84 Å². The summed E-state index contributed by atoms with van der Waals surface area (Å²) in [6.45, 7) is 2.66. The number of aromatic nitrogens is 1. The fourth-order valence-electron chi connectivity index (χ4n) is 2.34. The Hall–Kier alpha value is -2.53. The van der Waals surface area contributed by atoms with Crippen molar-refractivity contribution in [3.8, 4) is 0 Å². The molecule has 0 radical (unpaired) electrons. The Morgan fingerprint density at radius 2 is 2.15 bits per heavy atom. The van der Waals surface area contributed by atoms with Crippen LogP contribution in [0.1, 0.15) is 21.9 Å². The van der Waals surface area contributed by atoms with Gasteiger partial charge in [0, 0.05) is 17.1 Å². The van der Waals surface area contributed by atoms with Crippen molar-refractivity contribution in [2.45, 2.75) is 13.5 Å². The van der Waals surface area contributed by atoms with Crippen LogP contribution in [-0.4, -0.2) is 10.5 Å². The van der Waals surface area contributed by atoms with Crippen molar-refractivity contribution in [2.24, 2.45) is 5.84 Å². The Labute approximate surface area is 115 Å². The highest BCUT2D eigenvalue weighted by molar-refractivity contribution is 5.91. The third-order valence-corrected chi connectivity index (χ3v) is 3.37. The molecular formula is C15H15N3O2. The van der Waals surface area contributed by atoms with Gasteiger partial charge < -0.3 is 8.98 Å². The van der Waals surface area contributed by atoms with Gasteiger partial charge in [0.05, 0.1) is 6.54 Å². The number of carbonyl (C=O) groups is 1. The van der Waals surface area contributed by atoms with Crippen LogP contribution in [0, 0.1) is 6.92 Å². The fourth-order valence-corrected chi connectivity index (χ4v) is 2.34. The number of hydrogen-bond acceptors (Lipinski definition) is 3. The molecule has 1 amide bonds. The maximum absolute atomic E-state index is 11.3. The predicted octanol–water partition coefficient (Wildman–Crippen LogP) is 2.19. The van der Waals surface area contributed by atoms with Gasteiger partial charge in [0.2, 0.25) is 0 Å². The van der Waals surface area contributed by atoms with Gasteiger partial charge in [0.15, 0.2) is 5.76 Å². The van der Waals surface area contributed by atoms with Gasteiger partial charge in [-0.3, -0.25) is 10.2 Å². The molecule has 0 aliphatic carbocycles. The zero-order valence-corrected chi connectivity index (χ0v) is 11.1. The largest absolute Gasteiger partial charge is 0.454 e. The molecule has 0 bridgehead atoms. The van der Waals surface area contributed by atoms with Crippen molar-refractivity contribution in [1.82, 2.24) is 9.99 Å². The predicted molar refractivity (Wildman–Crippen MR) is 76.1 cm³/mol. The maximum atomic E-state index is 11.3. The summed E-state index contributed by atoms with van der Waals surface area (Å²) in [6.07, 6.45) is 2.02. The molecule has 3 aromatic rings. The summed E-state index contributed by atoms with van der Waals surface area (Å²) < 4.78 is 7.56. The first-order chi connectivity index (χ1) is 9.69. The number of nitrogens with two attached hydrogens (primary N) is 1. The quantitative estimate of drug-likeness (QED) is 0.435. The summed E-state index contributed by atoms with van der Waals surface area (Å²) in [5, 5.41) is 1.22. The monoisotopic (exact) mass is 269 g/mol. The van der Waals surface area contributed by atoms with Gasteiger partial charge >= 0.3 is 5.91 Å². The lowest BCUT2D eigenvalue weighted by atomic mass is 10.1. The van der Waals surface area contributed by atoms with Crippen LogP contribution in [0.2, 0.25) is 0 Å². The van der Waals surface area contributed by atoms with Crippen LogP contribution >= 0.6 is 0 Å². The highest BCUT2D eigenvalue weighted by Gasteiger charge is 2.10. The fraction of sp³-hybridized carbons (Fsp3) is 0.133. The molecule has 0 saturated carbocycles. The molecule has 5 nitrogen and oxygen atoms in total. The Morgan fingerprint density at radius 3 is 2.95 bits per heavy atom. The summed E-state index contributed by atoms with van der Waals surface area (Å²) in [4.78, 5) is 11.3. The first-order valence-electron chi connectivity index (χ1n) is 6.33. The van der Waals surface area contributed by atoms with Crippen molar-refractivity contribution >= 4 is 16.8 Å². The molecule has 2 aromatic heterocycles. The topological polar surface area (TPSA) is 73.2 Å². The number of fused-ring (bicyclic) bond motifs is 1. The maximum Gasteiger partial charge on any atom is 0.300 e. The standard InChI is InChI=1S/C15H15N3O2/c1-10-3-2-4-13-12(10)7-8-18(13)9-11-5-6-14(20-11)15(19)17-16/h2-8H,9,16H2,1H3,(H,17,19). The van der Waals surface area contributed by atoms with Crippen LogP contribution in [0.25, 0.3) is 10.9 Å². The van der Waals surface area contributed by atoms with Crippen LogP contribution in [-0.2, 0) is 6.54 Å². The molecule has 0 atom stereocenters. The molecule has 0 saturated heterocycles. The summed E-state index contributed by atoms with van der Waals surface area (Å²) in [6, 6.07) is 11.7. The van der Waals surface area contributed by atoms with E-state index in [0.29, 0.717) is 12.3 Å². The molecule has 0 unspecified atom stereocenters. The number of hydrogen-bond donors (Lipinski definition) is 2. The van der Waals surface area contributed by atoms with E-state index in [2.05, 4.69) is 35.1 Å². The molecule has 0 aliphatic rings. The van der Waals surface area contributed by atoms with Crippen molar-refractivity contribution in [3.05, 3.63) is 59.7 Å². The molecule has 1 aromatic carbocycles. The zero-order valence-electron chi connectivity index (χ0n) is 11.1. The van der Waals surface area contributed by atoms with Crippen LogP contribution in [0.4, 0.5) is 0 Å². The number of nitrogen functional groups attached to an aromatic ring is 1. The number of hydrazine groups is 1. The van der Waals surface area contributed by atoms with E-state index in [1.807, 2.05) is 12.3 Å². The van der Waals surface area contributed by atoms with E-state index in [1.165, 1.54) is 10.9 Å². The summed E-state index contributed by atoms with van der Waals surface area (Å²) >= 11 is 0. The minimum absolute atomic E-state index is 0.218. The van der Waals surface area contributed by atoms with E-state index in [1.54, 1.807) is 12.1 Å². The Bertz CT molecular complexity index is 770. The molecular weight excluding hydrogens is 254 g/mol. The Balaban J connectivity index is 1.92. The van der Waals surface area contributed by atoms with Crippen LogP contribution in [0.5, 0.6) is 0 Å². The number of nitrogens with zero attached hydrogens (tertiary/aromatic N) is 1. The van der Waals surface area contributed by atoms with Crippen molar-refractivity contribution in [3.63, 3.8) is 0 Å². The average Bonchev–Trinajstić information content (AvgIpc) is 3.07. The first-order valence-corrected chi connectivity index (χ1v) is 6.33. The second-order valence-electron chi connectivity index (χ2n) is 4.69. The third-order valence-electron chi connectivity index (χ3n) is 3.37. The number of benzene rings is 1. The normalized spacial score (nSPS) is 10.9. The van der Waals surface area contributed by atoms with E-state index in [4.69, 9.17) is 10.3 Å². The highest BCUT2D eigenvalue weighted by Crippen LogP contribution is 2.21. The molecule has 0 fully saturated rings. The molecule has 3 N–H and O–H groups in total. The van der Waals surface area contributed by atoms with Gasteiger partial charge in [-0.2, -0.15) is 0 Å². The molecule has 0 spiro atoms. The molecule has 102 valence electrons. The Morgan fingerprint density at radius 1 is 1.30 bits per heavy atom. The van der Waals surface area contributed by atoms with Crippen molar-refractivity contribution in [2.75, 3.05) is 0 Å². The lowest BCUT2D eigenvalue weighted by molar-refractivity contribution is 0.0924. The number of nitrogens with one attached hydrogen (secondary N) is 1. The van der Waals surface area contributed by atoms with E-state index in [-0.39, 0.29) is 5.76 Å². The smallest absolute Gasteiger partial charge is 0.300 e. The Kier molecular flexibility index (Phi) is 3.04. The average molecular weight is 269 g/mol. The second-order valence-corrected chi connectivity index (χ2v) is 4.69. The highest BCUT2D eigenvalue weighted by atomic mass is 16.4. The van der Waals surface area contributed by atoms with E-state index >= 15 is 0 Å². The van der Waals surface area contributed by atoms with Gasteiger partial charge in [0.1, 0.15) is 5.76 Å². The summed E-state index contributed by atoms with van der Waals surface area (Å²) in [5.41, 5.74) is 4.44. The molecule has 5 heteroatoms. The molecule has 0 aliphatic heterocycles. The summed E-state index contributed by atoms with van der Waals surface area (Å²) in [5.74, 6) is 5.58. The van der Waals surface area contributed by atoms with E-state index in [0.717, 1.165) is 5.52 Å². The first kappa shape index (κ1) is 12.5. The lowest BCUT2D eigenvalue weighted by Gasteiger charge is -2.04. The minimum Gasteiger partial charge on any atom is -0.454 e. The van der Waals surface area contributed by atoms with Crippen molar-refractivity contribution < 1.29 is 9.21 Å². The van der Waals surface area contributed by atoms with Crippen molar-refractivity contribution in [1.29, 1.82) is 0 Å². The van der Waals surface area contributed by atoms with Crippen LogP contribution in [0.15, 0.2) is 47.0 Å². The lowest BCUT2D eigenvalue weighted by Crippen LogP contribution is -2.29. The number of rotatable bonds is 3. The second kappa shape index (κ2) is 4.86. The number of aryl methyl sites for hydroxylation is 1. The summed E-state index contributed by atoms with van der Waals surface area (Å²) in [7, 11) is 0. The molecule has 20 heavy (non-hydrogen) atoms. The molecule has 3 rings (SSSR count). The van der Waals surface area contributed by atoms with E-state index < -0.39 is 5.91 Å².